The van der Waals surface area contributed by atoms with Gasteiger partial charge >= 0.3 is 0 Å². The molecule has 0 N–H and O–H groups in total. The largest absolute Gasteiger partial charge is 0.0807 e. The maximum Gasteiger partial charge on any atom is -0.0105 e. The molecule has 0 spiro atoms. The van der Waals surface area contributed by atoms with Crippen LogP contribution in [-0.4, -0.2) is 0 Å². The lowest BCUT2D eigenvalue weighted by Gasteiger charge is -2.57. The zero-order valence-electron chi connectivity index (χ0n) is 14.1. The molecule has 0 radical (unpaired) electrons. The molecule has 3 aliphatic carbocycles. The maximum atomic E-state index is 2.62. The van der Waals surface area contributed by atoms with E-state index in [0.29, 0.717) is 10.8 Å². The third-order valence-corrected chi connectivity index (χ3v) is 6.88. The van der Waals surface area contributed by atoms with Gasteiger partial charge in [0.2, 0.25) is 0 Å². The summed E-state index contributed by atoms with van der Waals surface area (Å²) >= 11 is 0. The van der Waals surface area contributed by atoms with Gasteiger partial charge in [0.15, 0.2) is 0 Å². The van der Waals surface area contributed by atoms with E-state index in [1.807, 2.05) is 0 Å². The van der Waals surface area contributed by atoms with Gasteiger partial charge in [0.05, 0.1) is 0 Å². The zero-order valence-corrected chi connectivity index (χ0v) is 14.1. The molecule has 3 rings (SSSR count). The SMILES string of the molecule is CC(C)C1=CC2=CC[C@H]3C(C)(C)CCC[C@]3(C)[C@H]2CC1. The molecular formula is C20H32. The summed E-state index contributed by atoms with van der Waals surface area (Å²) in [6.07, 6.45) is 13.5. The molecule has 0 unspecified atom stereocenters. The number of hydrogen-bond acceptors (Lipinski definition) is 0. The van der Waals surface area contributed by atoms with Gasteiger partial charge in [0.25, 0.3) is 0 Å². The van der Waals surface area contributed by atoms with E-state index in [-0.39, 0.29) is 0 Å². The fourth-order valence-corrected chi connectivity index (χ4v) is 5.66. The highest BCUT2D eigenvalue weighted by atomic mass is 14.6. The predicted molar refractivity (Wildman–Crippen MR) is 87.6 cm³/mol. The molecule has 3 aliphatic rings. The Morgan fingerprint density at radius 2 is 1.90 bits per heavy atom. The fraction of sp³-hybridized carbons (Fsp3) is 0.800. The van der Waals surface area contributed by atoms with Crippen LogP contribution in [0.2, 0.25) is 0 Å². The first-order chi connectivity index (χ1) is 9.34. The zero-order chi connectivity index (χ0) is 14.5. The second-order valence-electron chi connectivity index (χ2n) is 8.81. The minimum atomic E-state index is 0.539. The van der Waals surface area contributed by atoms with Gasteiger partial charge in [-0.3, -0.25) is 0 Å². The average molecular weight is 272 g/mol. The number of hydrogen-bond donors (Lipinski definition) is 0. The van der Waals surface area contributed by atoms with Gasteiger partial charge in [-0.2, -0.15) is 0 Å². The molecule has 0 heteroatoms. The molecule has 112 valence electrons. The van der Waals surface area contributed by atoms with Crippen LogP contribution in [0, 0.1) is 28.6 Å². The molecule has 0 nitrogen and oxygen atoms in total. The van der Waals surface area contributed by atoms with E-state index < -0.39 is 0 Å². The Hall–Kier alpha value is -0.520. The first kappa shape index (κ1) is 14.4. The standard InChI is InChI=1S/C20H32/c1-14(2)15-7-9-17-16(13-15)8-10-18-19(3,4)11-6-12-20(17,18)5/h8,13-14,17-18H,6-7,9-12H2,1-5H3/t17-,18-,20+/m0/s1. The lowest BCUT2D eigenvalue weighted by atomic mass is 9.47. The Morgan fingerprint density at radius 3 is 2.60 bits per heavy atom. The Morgan fingerprint density at radius 1 is 1.15 bits per heavy atom. The number of rotatable bonds is 1. The van der Waals surface area contributed by atoms with E-state index in [2.05, 4.69) is 46.8 Å². The predicted octanol–water partition coefficient (Wildman–Crippen LogP) is 6.14. The summed E-state index contributed by atoms with van der Waals surface area (Å²) in [5.41, 5.74) is 4.48. The summed E-state index contributed by atoms with van der Waals surface area (Å²) in [6, 6.07) is 0. The van der Waals surface area contributed by atoms with Crippen molar-refractivity contribution in [1.29, 1.82) is 0 Å². The van der Waals surface area contributed by atoms with Crippen molar-refractivity contribution < 1.29 is 0 Å². The van der Waals surface area contributed by atoms with Crippen LogP contribution < -0.4 is 0 Å². The summed E-state index contributed by atoms with van der Waals surface area (Å²) in [6.45, 7) is 12.4. The minimum Gasteiger partial charge on any atom is -0.0807 e. The highest BCUT2D eigenvalue weighted by Crippen LogP contribution is 2.61. The molecule has 20 heavy (non-hydrogen) atoms. The van der Waals surface area contributed by atoms with Gasteiger partial charge in [0, 0.05) is 0 Å². The van der Waals surface area contributed by atoms with Crippen LogP contribution in [-0.2, 0) is 0 Å². The van der Waals surface area contributed by atoms with Gasteiger partial charge in [-0.15, -0.1) is 0 Å². The van der Waals surface area contributed by atoms with E-state index in [0.717, 1.165) is 17.8 Å². The van der Waals surface area contributed by atoms with Crippen molar-refractivity contribution >= 4 is 0 Å². The summed E-state index contributed by atoms with van der Waals surface area (Å²) in [7, 11) is 0. The lowest BCUT2D eigenvalue weighted by molar-refractivity contribution is -0.0389. The van der Waals surface area contributed by atoms with Crippen LogP contribution in [0.4, 0.5) is 0 Å². The normalized spacial score (nSPS) is 39.7. The van der Waals surface area contributed by atoms with Crippen molar-refractivity contribution in [2.75, 3.05) is 0 Å². The van der Waals surface area contributed by atoms with Crippen LogP contribution in [0.3, 0.4) is 0 Å². The summed E-state index contributed by atoms with van der Waals surface area (Å²) in [5, 5.41) is 0. The van der Waals surface area contributed by atoms with E-state index in [1.165, 1.54) is 38.5 Å². The van der Waals surface area contributed by atoms with E-state index in [9.17, 15) is 0 Å². The van der Waals surface area contributed by atoms with Crippen molar-refractivity contribution in [3.8, 4) is 0 Å². The molecule has 0 aromatic carbocycles. The first-order valence-electron chi connectivity index (χ1n) is 8.75. The molecule has 1 fully saturated rings. The molecule has 0 heterocycles. The van der Waals surface area contributed by atoms with Crippen molar-refractivity contribution in [3.63, 3.8) is 0 Å². The van der Waals surface area contributed by atoms with Crippen LogP contribution >= 0.6 is 0 Å². The van der Waals surface area contributed by atoms with Crippen LogP contribution in [0.25, 0.3) is 0 Å². The van der Waals surface area contributed by atoms with Crippen molar-refractivity contribution in [2.24, 2.45) is 28.6 Å². The van der Waals surface area contributed by atoms with Gasteiger partial charge in [-0.05, 0) is 66.3 Å². The van der Waals surface area contributed by atoms with Crippen molar-refractivity contribution in [3.05, 3.63) is 23.3 Å². The van der Waals surface area contributed by atoms with Gasteiger partial charge < -0.3 is 0 Å². The van der Waals surface area contributed by atoms with Crippen LogP contribution in [0.1, 0.15) is 73.1 Å². The monoisotopic (exact) mass is 272 g/mol. The van der Waals surface area contributed by atoms with E-state index >= 15 is 0 Å². The topological polar surface area (TPSA) is 0 Å². The Balaban J connectivity index is 1.97. The smallest absolute Gasteiger partial charge is 0.0105 e. The van der Waals surface area contributed by atoms with Crippen LogP contribution in [0.5, 0.6) is 0 Å². The first-order valence-corrected chi connectivity index (χ1v) is 8.75. The number of allylic oxidation sites excluding steroid dienone is 4. The van der Waals surface area contributed by atoms with E-state index in [1.54, 1.807) is 11.1 Å². The Kier molecular flexibility index (Phi) is 3.42. The number of fused-ring (bicyclic) bond motifs is 3. The molecule has 0 aliphatic heterocycles. The second kappa shape index (κ2) is 4.75. The summed E-state index contributed by atoms with van der Waals surface area (Å²) in [4.78, 5) is 0. The van der Waals surface area contributed by atoms with Gasteiger partial charge in [-0.25, -0.2) is 0 Å². The summed E-state index contributed by atoms with van der Waals surface area (Å²) in [5.74, 6) is 2.46. The molecule has 0 saturated heterocycles. The third kappa shape index (κ3) is 2.11. The second-order valence-corrected chi connectivity index (χ2v) is 8.81. The van der Waals surface area contributed by atoms with Gasteiger partial charge in [-0.1, -0.05) is 58.8 Å². The Bertz CT molecular complexity index is 449. The molecule has 0 aromatic rings. The molecular weight excluding hydrogens is 240 g/mol. The lowest BCUT2D eigenvalue weighted by Crippen LogP contribution is -2.49. The highest BCUT2D eigenvalue weighted by Gasteiger charge is 2.52. The molecule has 0 bridgehead atoms. The molecule has 0 aromatic heterocycles. The third-order valence-electron chi connectivity index (χ3n) is 6.88. The fourth-order valence-electron chi connectivity index (χ4n) is 5.66. The molecule has 3 atom stereocenters. The van der Waals surface area contributed by atoms with Crippen LogP contribution in [0.15, 0.2) is 23.3 Å². The summed E-state index contributed by atoms with van der Waals surface area (Å²) < 4.78 is 0. The van der Waals surface area contributed by atoms with Crippen molar-refractivity contribution in [1.82, 2.24) is 0 Å². The molecule has 1 saturated carbocycles. The molecule has 0 amide bonds. The van der Waals surface area contributed by atoms with E-state index in [4.69, 9.17) is 0 Å². The van der Waals surface area contributed by atoms with Gasteiger partial charge in [0.1, 0.15) is 0 Å². The highest BCUT2D eigenvalue weighted by molar-refractivity contribution is 5.35. The Labute approximate surface area is 125 Å². The quantitative estimate of drug-likeness (QED) is 0.537. The maximum absolute atomic E-state index is 2.62. The minimum absolute atomic E-state index is 0.539. The van der Waals surface area contributed by atoms with Crippen molar-refractivity contribution in [2.45, 2.75) is 73.1 Å². The average Bonchev–Trinajstić information content (AvgIpc) is 2.37.